The van der Waals surface area contributed by atoms with Crippen molar-refractivity contribution in [3.05, 3.63) is 34.5 Å². The van der Waals surface area contributed by atoms with Crippen molar-refractivity contribution >= 4 is 34.9 Å². The molecule has 23 heavy (non-hydrogen) atoms. The van der Waals surface area contributed by atoms with E-state index in [0.29, 0.717) is 4.64 Å². The Balaban J connectivity index is 2.19. The molecule has 0 N–H and O–H groups in total. The smallest absolute Gasteiger partial charge is 0.136 e. The molecule has 1 fully saturated rings. The van der Waals surface area contributed by atoms with Crippen LogP contribution in [0.2, 0.25) is 0 Å². The second-order valence-corrected chi connectivity index (χ2v) is 6.38. The second kappa shape index (κ2) is 6.68. The lowest BCUT2D eigenvalue weighted by Gasteiger charge is -2.33. The van der Waals surface area contributed by atoms with Crippen LogP contribution in [0.1, 0.15) is 12.5 Å². The summed E-state index contributed by atoms with van der Waals surface area (Å²) in [6, 6.07) is 7.71. The number of ketones is 1. The van der Waals surface area contributed by atoms with E-state index in [0.717, 1.165) is 48.6 Å². The van der Waals surface area contributed by atoms with Crippen molar-refractivity contribution in [2.45, 2.75) is 13.3 Å². The summed E-state index contributed by atoms with van der Waals surface area (Å²) in [6.45, 7) is 5.27. The molecule has 0 saturated carbocycles. The Bertz CT molecular complexity index is 800. The van der Waals surface area contributed by atoms with E-state index >= 15 is 0 Å². The van der Waals surface area contributed by atoms with Gasteiger partial charge in [0.15, 0.2) is 0 Å². The molecule has 1 aliphatic rings. The molecular formula is C17H20N4OS. The molecule has 1 aliphatic heterocycles. The maximum atomic E-state index is 11.7. The third kappa shape index (κ3) is 3.54. The molecule has 2 heterocycles. The maximum Gasteiger partial charge on any atom is 0.136 e. The van der Waals surface area contributed by atoms with Crippen LogP contribution in [0.4, 0.5) is 5.82 Å². The number of likely N-dealkylation sites (N-methyl/N-ethyl adjacent to an activating group) is 1. The van der Waals surface area contributed by atoms with Crippen molar-refractivity contribution in [2.24, 2.45) is 0 Å². The van der Waals surface area contributed by atoms with Crippen LogP contribution in [-0.4, -0.2) is 53.9 Å². The Morgan fingerprint density at radius 2 is 1.74 bits per heavy atom. The Morgan fingerprint density at radius 1 is 1.13 bits per heavy atom. The highest BCUT2D eigenvalue weighted by Gasteiger charge is 2.20. The molecule has 1 aromatic carbocycles. The summed E-state index contributed by atoms with van der Waals surface area (Å²) < 4.78 is 0.475. The maximum absolute atomic E-state index is 11.7. The van der Waals surface area contributed by atoms with Gasteiger partial charge in [-0.05, 0) is 26.1 Å². The van der Waals surface area contributed by atoms with Gasteiger partial charge in [0, 0.05) is 38.2 Å². The van der Waals surface area contributed by atoms with E-state index in [1.54, 1.807) is 6.92 Å². The number of para-hydroxylation sites is 2. The number of piperazine rings is 1. The van der Waals surface area contributed by atoms with Crippen LogP contribution in [0.25, 0.3) is 11.0 Å². The molecule has 1 aromatic heterocycles. The van der Waals surface area contributed by atoms with Gasteiger partial charge in [-0.2, -0.15) is 0 Å². The lowest BCUT2D eigenvalue weighted by Crippen LogP contribution is -2.45. The van der Waals surface area contributed by atoms with Gasteiger partial charge in [-0.15, -0.1) is 0 Å². The van der Waals surface area contributed by atoms with E-state index < -0.39 is 0 Å². The lowest BCUT2D eigenvalue weighted by atomic mass is 10.1. The lowest BCUT2D eigenvalue weighted by molar-refractivity contribution is -0.116. The number of Topliss-reactive ketones (excluding diaryl/α,β-unsaturated/α-hetero) is 1. The molecule has 0 bridgehead atoms. The molecule has 6 heteroatoms. The van der Waals surface area contributed by atoms with Gasteiger partial charge in [0.25, 0.3) is 0 Å². The molecular weight excluding hydrogens is 308 g/mol. The topological polar surface area (TPSA) is 49.3 Å². The summed E-state index contributed by atoms with van der Waals surface area (Å²) in [7, 11) is 2.11. The summed E-state index contributed by atoms with van der Waals surface area (Å²) >= 11 is 5.50. The predicted octanol–water partition coefficient (Wildman–Crippen LogP) is 2.24. The van der Waals surface area contributed by atoms with Crippen LogP contribution in [-0.2, 0) is 11.2 Å². The van der Waals surface area contributed by atoms with Crippen molar-refractivity contribution in [3.8, 4) is 0 Å². The third-order valence-electron chi connectivity index (χ3n) is 4.09. The predicted molar refractivity (Wildman–Crippen MR) is 94.5 cm³/mol. The van der Waals surface area contributed by atoms with Crippen molar-refractivity contribution in [1.29, 1.82) is 0 Å². The van der Waals surface area contributed by atoms with Gasteiger partial charge in [0.2, 0.25) is 0 Å². The first-order valence-corrected chi connectivity index (χ1v) is 8.18. The number of fused-ring (bicyclic) bond motifs is 1. The molecule has 120 valence electrons. The van der Waals surface area contributed by atoms with Crippen LogP contribution >= 0.6 is 12.2 Å². The molecule has 0 spiro atoms. The number of rotatable bonds is 3. The van der Waals surface area contributed by atoms with Crippen molar-refractivity contribution < 1.29 is 4.79 Å². The quantitative estimate of drug-likeness (QED) is 0.806. The van der Waals surface area contributed by atoms with E-state index in [4.69, 9.17) is 17.2 Å². The first-order chi connectivity index (χ1) is 11.0. The highest BCUT2D eigenvalue weighted by Crippen LogP contribution is 2.22. The van der Waals surface area contributed by atoms with Crippen molar-refractivity contribution in [1.82, 2.24) is 14.9 Å². The van der Waals surface area contributed by atoms with Gasteiger partial charge >= 0.3 is 0 Å². The van der Waals surface area contributed by atoms with E-state index in [1.165, 1.54) is 0 Å². The minimum absolute atomic E-state index is 0.0744. The number of nitrogens with zero attached hydrogens (tertiary/aromatic N) is 4. The first-order valence-electron chi connectivity index (χ1n) is 7.77. The van der Waals surface area contributed by atoms with Crippen molar-refractivity contribution in [3.63, 3.8) is 0 Å². The monoisotopic (exact) mass is 328 g/mol. The Hall–Kier alpha value is -1.92. The normalized spacial score (nSPS) is 15.8. The summed E-state index contributed by atoms with van der Waals surface area (Å²) in [5.74, 6) is 0.886. The van der Waals surface area contributed by atoms with E-state index in [2.05, 4.69) is 21.8 Å². The fourth-order valence-corrected chi connectivity index (χ4v) is 3.05. The van der Waals surface area contributed by atoms with Gasteiger partial charge < -0.3 is 9.80 Å². The Labute approximate surface area is 141 Å². The van der Waals surface area contributed by atoms with Crippen LogP contribution in [0.5, 0.6) is 0 Å². The van der Waals surface area contributed by atoms with Crippen LogP contribution in [0.3, 0.4) is 0 Å². The van der Waals surface area contributed by atoms with E-state index in [-0.39, 0.29) is 12.2 Å². The third-order valence-corrected chi connectivity index (χ3v) is 4.42. The molecule has 2 aromatic rings. The fourth-order valence-electron chi connectivity index (χ4n) is 2.79. The van der Waals surface area contributed by atoms with Gasteiger partial charge in [-0.25, -0.2) is 9.97 Å². The van der Waals surface area contributed by atoms with Crippen molar-refractivity contribution in [2.75, 3.05) is 38.1 Å². The zero-order valence-corrected chi connectivity index (χ0v) is 14.3. The fraction of sp³-hybridized carbons (Fsp3) is 0.412. The number of hydrogen-bond acceptors (Lipinski definition) is 6. The van der Waals surface area contributed by atoms with Crippen LogP contribution in [0, 0.1) is 4.64 Å². The minimum atomic E-state index is 0.0744. The molecule has 0 atom stereocenters. The summed E-state index contributed by atoms with van der Waals surface area (Å²) in [5.41, 5.74) is 2.35. The van der Waals surface area contributed by atoms with Gasteiger partial charge in [-0.1, -0.05) is 24.4 Å². The minimum Gasteiger partial charge on any atom is -0.354 e. The number of carbonyl (C=O) groups is 1. The van der Waals surface area contributed by atoms with Gasteiger partial charge in [0.05, 0.1) is 11.0 Å². The molecule has 5 nitrogen and oxygen atoms in total. The van der Waals surface area contributed by atoms with Gasteiger partial charge in [0.1, 0.15) is 16.2 Å². The van der Waals surface area contributed by atoms with Gasteiger partial charge in [-0.3, -0.25) is 4.79 Å². The summed E-state index contributed by atoms with van der Waals surface area (Å²) in [5, 5.41) is 0. The van der Waals surface area contributed by atoms with E-state index in [9.17, 15) is 4.79 Å². The van der Waals surface area contributed by atoms with Crippen LogP contribution < -0.4 is 4.90 Å². The standard InChI is InChI=1S/C17H20N4OS/c1-12(22)11-13-16(21-9-7-20(2)8-10-21)18-14-5-3-4-6-15(14)19-17(13)23/h3-6H,7-11H2,1-2H3. The number of anilines is 1. The zero-order valence-electron chi connectivity index (χ0n) is 13.5. The number of hydrogen-bond donors (Lipinski definition) is 0. The number of carbonyl (C=O) groups excluding carboxylic acids is 1. The van der Waals surface area contributed by atoms with E-state index in [1.807, 2.05) is 24.3 Å². The zero-order chi connectivity index (χ0) is 16.4. The number of benzene rings is 1. The first kappa shape index (κ1) is 16.0. The Kier molecular flexibility index (Phi) is 4.63. The molecule has 0 unspecified atom stereocenters. The summed E-state index contributed by atoms with van der Waals surface area (Å²) in [4.78, 5) is 25.6. The Morgan fingerprint density at radius 3 is 2.35 bits per heavy atom. The highest BCUT2D eigenvalue weighted by atomic mass is 32.1. The highest BCUT2D eigenvalue weighted by molar-refractivity contribution is 7.71. The number of aromatic nitrogens is 2. The molecule has 0 aliphatic carbocycles. The molecule has 0 amide bonds. The average Bonchev–Trinajstić information content (AvgIpc) is 2.65. The summed E-state index contributed by atoms with van der Waals surface area (Å²) in [6.07, 6.45) is 0.279. The largest absolute Gasteiger partial charge is 0.354 e. The SMILES string of the molecule is CC(=O)Cc1c(N2CCN(C)CC2)nc2ccccc2nc1=S. The molecule has 0 radical (unpaired) electrons. The van der Waals surface area contributed by atoms with Crippen LogP contribution in [0.15, 0.2) is 24.3 Å². The molecule has 3 rings (SSSR count). The second-order valence-electron chi connectivity index (χ2n) is 5.99. The molecule has 1 saturated heterocycles. The average molecular weight is 328 g/mol.